The molecule has 1 aromatic heterocycles. The minimum atomic E-state index is 1.10. The lowest BCUT2D eigenvalue weighted by Gasteiger charge is -2.27. The van der Waals surface area contributed by atoms with Gasteiger partial charge in [0.15, 0.2) is 0 Å². The van der Waals surface area contributed by atoms with Gasteiger partial charge in [-0.3, -0.25) is 0 Å². The van der Waals surface area contributed by atoms with Gasteiger partial charge in [-0.1, -0.05) is 176 Å². The van der Waals surface area contributed by atoms with Crippen LogP contribution in [0.15, 0.2) is 224 Å². The van der Waals surface area contributed by atoms with Crippen LogP contribution in [0.1, 0.15) is 0 Å². The molecule has 0 spiro atoms. The Morgan fingerprint density at radius 2 is 0.741 bits per heavy atom. The van der Waals surface area contributed by atoms with Gasteiger partial charge in [0.05, 0.1) is 0 Å². The van der Waals surface area contributed by atoms with Crippen LogP contribution in [0.2, 0.25) is 0 Å². The summed E-state index contributed by atoms with van der Waals surface area (Å²) in [5, 5.41) is 7.70. The van der Waals surface area contributed by atoms with Crippen LogP contribution in [0.25, 0.3) is 86.2 Å². The second kappa shape index (κ2) is 14.4. The number of hydrogen-bond acceptors (Lipinski definition) is 2. The van der Waals surface area contributed by atoms with Crippen molar-refractivity contribution < 1.29 is 0 Å². The third kappa shape index (κ3) is 5.86. The molecule has 58 heavy (non-hydrogen) atoms. The topological polar surface area (TPSA) is 3.24 Å². The number of benzene rings is 10. The Hall–Kier alpha value is -7.26. The van der Waals surface area contributed by atoms with Gasteiger partial charge in [0.2, 0.25) is 0 Å². The predicted octanol–water partition coefficient (Wildman–Crippen LogP) is 16.5. The molecule has 1 heterocycles. The molecule has 0 bridgehead atoms. The van der Waals surface area contributed by atoms with Gasteiger partial charge in [-0.05, 0) is 115 Å². The molecule has 10 aromatic carbocycles. The Kier molecular flexibility index (Phi) is 8.42. The molecule has 0 aliphatic heterocycles. The molecular weight excluding hydrogens is 719 g/mol. The SMILES string of the molecule is c1ccc(-c2cccc(N(c3ccc(-c4c(-c5ccccc5)c5ccccc5c5ccccc45)cc3)c3ccc(-c4cccc5sc6ccccc6c45)cc3)c2)cc1. The molecule has 11 aromatic rings. The number of nitrogens with zero attached hydrogens (tertiary/aromatic N) is 1. The molecule has 0 saturated carbocycles. The van der Waals surface area contributed by atoms with E-state index < -0.39 is 0 Å². The van der Waals surface area contributed by atoms with E-state index in [9.17, 15) is 0 Å². The first kappa shape index (κ1) is 34.0. The summed E-state index contributed by atoms with van der Waals surface area (Å²) in [4.78, 5) is 2.39. The van der Waals surface area contributed by atoms with Crippen LogP contribution in [0.5, 0.6) is 0 Å². The van der Waals surface area contributed by atoms with E-state index in [4.69, 9.17) is 0 Å². The lowest BCUT2D eigenvalue weighted by molar-refractivity contribution is 1.28. The number of hydrogen-bond donors (Lipinski definition) is 0. The molecule has 0 aliphatic rings. The molecule has 0 fully saturated rings. The summed E-state index contributed by atoms with van der Waals surface area (Å²) < 4.78 is 2.64. The molecule has 0 radical (unpaired) electrons. The Bertz CT molecular complexity index is 3250. The molecular formula is C56H37NS. The average molecular weight is 756 g/mol. The fraction of sp³-hybridized carbons (Fsp3) is 0. The zero-order valence-electron chi connectivity index (χ0n) is 31.7. The second-order valence-corrected chi connectivity index (χ2v) is 15.9. The van der Waals surface area contributed by atoms with Crippen LogP contribution < -0.4 is 4.90 Å². The summed E-state index contributed by atoms with van der Waals surface area (Å²) in [6.07, 6.45) is 0. The van der Waals surface area contributed by atoms with Gasteiger partial charge in [0.25, 0.3) is 0 Å². The van der Waals surface area contributed by atoms with E-state index >= 15 is 0 Å². The summed E-state index contributed by atoms with van der Waals surface area (Å²) in [6, 6.07) is 81.8. The monoisotopic (exact) mass is 755 g/mol. The van der Waals surface area contributed by atoms with Gasteiger partial charge < -0.3 is 4.90 Å². The molecule has 0 N–H and O–H groups in total. The smallest absolute Gasteiger partial charge is 0.0467 e. The minimum Gasteiger partial charge on any atom is -0.310 e. The van der Waals surface area contributed by atoms with Crippen molar-refractivity contribution in [3.8, 4) is 44.5 Å². The van der Waals surface area contributed by atoms with Gasteiger partial charge in [0, 0.05) is 37.2 Å². The van der Waals surface area contributed by atoms with E-state index in [-0.39, 0.29) is 0 Å². The Morgan fingerprint density at radius 1 is 0.276 bits per heavy atom. The molecule has 0 aliphatic carbocycles. The molecule has 0 unspecified atom stereocenters. The van der Waals surface area contributed by atoms with E-state index in [0.29, 0.717) is 0 Å². The van der Waals surface area contributed by atoms with E-state index in [1.165, 1.54) is 86.2 Å². The largest absolute Gasteiger partial charge is 0.310 e. The van der Waals surface area contributed by atoms with Crippen LogP contribution in [0, 0.1) is 0 Å². The first-order chi connectivity index (χ1) is 28.8. The zero-order valence-corrected chi connectivity index (χ0v) is 32.5. The van der Waals surface area contributed by atoms with Crippen LogP contribution >= 0.6 is 11.3 Å². The first-order valence-electron chi connectivity index (χ1n) is 19.8. The first-order valence-corrected chi connectivity index (χ1v) is 20.7. The highest BCUT2D eigenvalue weighted by Crippen LogP contribution is 2.46. The van der Waals surface area contributed by atoms with Crippen molar-refractivity contribution in [1.82, 2.24) is 0 Å². The Labute approximate surface area is 342 Å². The van der Waals surface area contributed by atoms with Crippen molar-refractivity contribution in [2.24, 2.45) is 0 Å². The molecule has 1 nitrogen and oxygen atoms in total. The fourth-order valence-corrected chi connectivity index (χ4v) is 9.96. The minimum absolute atomic E-state index is 1.10. The number of fused-ring (bicyclic) bond motifs is 6. The number of anilines is 3. The second-order valence-electron chi connectivity index (χ2n) is 14.8. The maximum absolute atomic E-state index is 2.39. The lowest BCUT2D eigenvalue weighted by Crippen LogP contribution is -2.10. The summed E-state index contributed by atoms with van der Waals surface area (Å²) in [5.41, 5.74) is 13.1. The van der Waals surface area contributed by atoms with E-state index in [1.54, 1.807) is 0 Å². The Balaban J connectivity index is 1.07. The van der Waals surface area contributed by atoms with Crippen molar-refractivity contribution in [2.75, 3.05) is 4.90 Å². The van der Waals surface area contributed by atoms with Crippen molar-refractivity contribution in [3.63, 3.8) is 0 Å². The fourth-order valence-electron chi connectivity index (χ4n) is 8.83. The maximum Gasteiger partial charge on any atom is 0.0467 e. The van der Waals surface area contributed by atoms with E-state index in [0.717, 1.165) is 17.1 Å². The predicted molar refractivity (Wildman–Crippen MR) is 251 cm³/mol. The van der Waals surface area contributed by atoms with Gasteiger partial charge in [0.1, 0.15) is 0 Å². The van der Waals surface area contributed by atoms with Crippen LogP contribution in [-0.4, -0.2) is 0 Å². The summed E-state index contributed by atoms with van der Waals surface area (Å²) >= 11 is 1.86. The van der Waals surface area contributed by atoms with Crippen LogP contribution in [0.4, 0.5) is 17.1 Å². The van der Waals surface area contributed by atoms with Crippen molar-refractivity contribution in [3.05, 3.63) is 224 Å². The van der Waals surface area contributed by atoms with Gasteiger partial charge >= 0.3 is 0 Å². The van der Waals surface area contributed by atoms with Gasteiger partial charge in [-0.2, -0.15) is 0 Å². The standard InChI is InChI=1S/C56H37NS/c1-3-15-38(16-4-1)42-19-13-20-45(37-42)57(43-33-29-39(30-34-43)46-26-14-28-53-56(46)51-25-11-12-27-52(51)58-53)44-35-31-41(32-36-44)55-50-24-10-8-22-48(50)47-21-7-9-23-49(47)54(55)40-17-5-2-6-18-40/h1-37H. The summed E-state index contributed by atoms with van der Waals surface area (Å²) in [6.45, 7) is 0. The van der Waals surface area contributed by atoms with Gasteiger partial charge in [-0.15, -0.1) is 11.3 Å². The third-order valence-electron chi connectivity index (χ3n) is 11.5. The number of thiophene rings is 1. The third-order valence-corrected chi connectivity index (χ3v) is 12.6. The molecule has 0 atom stereocenters. The highest BCUT2D eigenvalue weighted by Gasteiger charge is 2.20. The zero-order chi connectivity index (χ0) is 38.4. The Morgan fingerprint density at radius 3 is 1.38 bits per heavy atom. The molecule has 0 saturated heterocycles. The molecule has 272 valence electrons. The molecule has 11 rings (SSSR count). The average Bonchev–Trinajstić information content (AvgIpc) is 3.69. The number of rotatable bonds is 7. The highest BCUT2D eigenvalue weighted by molar-refractivity contribution is 7.25. The van der Waals surface area contributed by atoms with Crippen LogP contribution in [-0.2, 0) is 0 Å². The summed E-state index contributed by atoms with van der Waals surface area (Å²) in [7, 11) is 0. The van der Waals surface area contributed by atoms with E-state index in [2.05, 4.69) is 229 Å². The highest BCUT2D eigenvalue weighted by atomic mass is 32.1. The van der Waals surface area contributed by atoms with E-state index in [1.807, 2.05) is 11.3 Å². The molecule has 2 heteroatoms. The molecule has 0 amide bonds. The van der Waals surface area contributed by atoms with Crippen molar-refractivity contribution >= 4 is 70.1 Å². The quantitative estimate of drug-likeness (QED) is 0.146. The van der Waals surface area contributed by atoms with Crippen molar-refractivity contribution in [1.29, 1.82) is 0 Å². The van der Waals surface area contributed by atoms with Crippen molar-refractivity contribution in [2.45, 2.75) is 0 Å². The lowest BCUT2D eigenvalue weighted by atomic mass is 9.85. The van der Waals surface area contributed by atoms with Gasteiger partial charge in [-0.25, -0.2) is 0 Å². The summed E-state index contributed by atoms with van der Waals surface area (Å²) in [5.74, 6) is 0. The van der Waals surface area contributed by atoms with Crippen LogP contribution in [0.3, 0.4) is 0 Å². The maximum atomic E-state index is 2.39. The normalized spacial score (nSPS) is 11.4.